The van der Waals surface area contributed by atoms with Crippen molar-refractivity contribution in [2.24, 2.45) is 0 Å². The Morgan fingerprint density at radius 2 is 1.80 bits per heavy atom. The Morgan fingerprint density at radius 1 is 1.10 bits per heavy atom. The van der Waals surface area contributed by atoms with E-state index in [-0.39, 0.29) is 0 Å². The van der Waals surface area contributed by atoms with E-state index in [1.165, 1.54) is 5.56 Å². The van der Waals surface area contributed by atoms with Crippen molar-refractivity contribution < 1.29 is 4.74 Å². The third kappa shape index (κ3) is 3.89. The predicted molar refractivity (Wildman–Crippen MR) is 85.2 cm³/mol. The van der Waals surface area contributed by atoms with E-state index in [0.717, 1.165) is 24.3 Å². The van der Waals surface area contributed by atoms with Crippen LogP contribution in [0.25, 0.3) is 0 Å². The fraction of sp³-hybridized carbons (Fsp3) is 0.222. The Morgan fingerprint density at radius 3 is 2.40 bits per heavy atom. The molecule has 2 aromatic carbocycles. The van der Waals surface area contributed by atoms with Crippen molar-refractivity contribution in [2.45, 2.75) is 18.9 Å². The van der Waals surface area contributed by atoms with E-state index in [4.69, 9.17) is 4.74 Å². The topological polar surface area (TPSA) is 21.3 Å². The summed E-state index contributed by atoms with van der Waals surface area (Å²) in [5, 5.41) is 3.58. The van der Waals surface area contributed by atoms with Crippen LogP contribution in [-0.2, 0) is 0 Å². The molecule has 0 bridgehead atoms. The molecule has 0 saturated heterocycles. The largest absolute Gasteiger partial charge is 0.497 e. The lowest BCUT2D eigenvalue weighted by atomic mass is 10.0. The molecule has 0 aliphatic heterocycles. The number of hydrogen-bond donors (Lipinski definition) is 1. The third-order valence-electron chi connectivity index (χ3n) is 3.29. The Kier molecular flexibility index (Phi) is 5.24. The molecule has 1 atom stereocenters. The Bertz CT molecular complexity index is 519. The van der Waals surface area contributed by atoms with Crippen LogP contribution in [0, 0.1) is 0 Å². The first-order valence-electron chi connectivity index (χ1n) is 6.90. The van der Waals surface area contributed by atoms with E-state index in [1.807, 2.05) is 36.4 Å². The van der Waals surface area contributed by atoms with Gasteiger partial charge in [0.05, 0.1) is 13.2 Å². The number of benzene rings is 2. The molecule has 1 N–H and O–H groups in total. The van der Waals surface area contributed by atoms with Crippen LogP contribution in [0.15, 0.2) is 67.3 Å². The summed E-state index contributed by atoms with van der Waals surface area (Å²) >= 11 is 0. The van der Waals surface area contributed by atoms with E-state index in [9.17, 15) is 0 Å². The molecule has 2 nitrogen and oxygen atoms in total. The quantitative estimate of drug-likeness (QED) is 0.726. The van der Waals surface area contributed by atoms with Gasteiger partial charge in [-0.25, -0.2) is 0 Å². The van der Waals surface area contributed by atoms with Crippen LogP contribution in [0.2, 0.25) is 0 Å². The highest BCUT2D eigenvalue weighted by atomic mass is 16.5. The SMILES string of the molecule is C=CCCC(Nc1ccc(OC)cc1)c1ccccc1. The van der Waals surface area contributed by atoms with Gasteiger partial charge in [0.25, 0.3) is 0 Å². The number of ether oxygens (including phenoxy) is 1. The van der Waals surface area contributed by atoms with Crippen molar-refractivity contribution in [1.29, 1.82) is 0 Å². The second-order valence-electron chi connectivity index (χ2n) is 4.70. The van der Waals surface area contributed by atoms with Gasteiger partial charge in [-0.1, -0.05) is 36.4 Å². The average molecular weight is 267 g/mol. The second kappa shape index (κ2) is 7.39. The minimum Gasteiger partial charge on any atom is -0.497 e. The molecule has 0 heterocycles. The first kappa shape index (κ1) is 14.2. The van der Waals surface area contributed by atoms with Crippen LogP contribution in [0.5, 0.6) is 5.75 Å². The first-order valence-corrected chi connectivity index (χ1v) is 6.90. The minimum absolute atomic E-state index is 0.294. The maximum absolute atomic E-state index is 5.18. The number of allylic oxidation sites excluding steroid dienone is 1. The van der Waals surface area contributed by atoms with Gasteiger partial charge in [-0.2, -0.15) is 0 Å². The molecule has 0 amide bonds. The lowest BCUT2D eigenvalue weighted by Gasteiger charge is -2.20. The lowest BCUT2D eigenvalue weighted by molar-refractivity contribution is 0.415. The van der Waals surface area contributed by atoms with Crippen molar-refractivity contribution in [1.82, 2.24) is 0 Å². The zero-order valence-corrected chi connectivity index (χ0v) is 11.9. The Hall–Kier alpha value is -2.22. The van der Waals surface area contributed by atoms with Gasteiger partial charge in [0.15, 0.2) is 0 Å². The molecular formula is C18H21NO. The number of nitrogens with one attached hydrogen (secondary N) is 1. The molecular weight excluding hydrogens is 246 g/mol. The molecule has 2 heteroatoms. The van der Waals surface area contributed by atoms with Crippen LogP contribution >= 0.6 is 0 Å². The summed E-state index contributed by atoms with van der Waals surface area (Å²) in [7, 11) is 1.68. The molecule has 0 aliphatic rings. The number of rotatable bonds is 7. The number of hydrogen-bond acceptors (Lipinski definition) is 2. The minimum atomic E-state index is 0.294. The maximum atomic E-state index is 5.18. The Balaban J connectivity index is 2.12. The highest BCUT2D eigenvalue weighted by molar-refractivity contribution is 5.48. The second-order valence-corrected chi connectivity index (χ2v) is 4.70. The van der Waals surface area contributed by atoms with E-state index >= 15 is 0 Å². The first-order chi connectivity index (χ1) is 9.83. The highest BCUT2D eigenvalue weighted by Gasteiger charge is 2.10. The molecule has 0 fully saturated rings. The molecule has 0 aliphatic carbocycles. The molecule has 2 rings (SSSR count). The maximum Gasteiger partial charge on any atom is 0.119 e. The van der Waals surface area contributed by atoms with Crippen molar-refractivity contribution in [3.8, 4) is 5.75 Å². The summed E-state index contributed by atoms with van der Waals surface area (Å²) in [6.45, 7) is 3.81. The summed E-state index contributed by atoms with van der Waals surface area (Å²) in [6, 6.07) is 18.8. The zero-order chi connectivity index (χ0) is 14.2. The van der Waals surface area contributed by atoms with Crippen molar-refractivity contribution in [3.05, 3.63) is 72.8 Å². The summed E-state index contributed by atoms with van der Waals surface area (Å²) < 4.78 is 5.18. The third-order valence-corrected chi connectivity index (χ3v) is 3.29. The summed E-state index contributed by atoms with van der Waals surface area (Å²) in [5.74, 6) is 0.873. The van der Waals surface area contributed by atoms with Crippen LogP contribution in [0.1, 0.15) is 24.4 Å². The van der Waals surface area contributed by atoms with Crippen LogP contribution in [-0.4, -0.2) is 7.11 Å². The van der Waals surface area contributed by atoms with E-state index in [1.54, 1.807) is 7.11 Å². The highest BCUT2D eigenvalue weighted by Crippen LogP contribution is 2.25. The van der Waals surface area contributed by atoms with E-state index in [0.29, 0.717) is 6.04 Å². The molecule has 104 valence electrons. The van der Waals surface area contributed by atoms with Crippen molar-refractivity contribution >= 4 is 5.69 Å². The smallest absolute Gasteiger partial charge is 0.119 e. The van der Waals surface area contributed by atoms with Gasteiger partial charge in [0, 0.05) is 5.69 Å². The molecule has 0 radical (unpaired) electrons. The average Bonchev–Trinajstić information content (AvgIpc) is 2.53. The zero-order valence-electron chi connectivity index (χ0n) is 11.9. The molecule has 0 saturated carbocycles. The summed E-state index contributed by atoms with van der Waals surface area (Å²) in [6.07, 6.45) is 3.98. The Labute approximate surface area is 121 Å². The van der Waals surface area contributed by atoms with Crippen LogP contribution in [0.3, 0.4) is 0 Å². The van der Waals surface area contributed by atoms with Gasteiger partial charge < -0.3 is 10.1 Å². The molecule has 0 aromatic heterocycles. The summed E-state index contributed by atoms with van der Waals surface area (Å²) in [5.41, 5.74) is 2.40. The normalized spacial score (nSPS) is 11.7. The molecule has 20 heavy (non-hydrogen) atoms. The standard InChI is InChI=1S/C18H21NO/c1-3-4-10-18(15-8-6-5-7-9-15)19-16-11-13-17(20-2)14-12-16/h3,5-9,11-14,18-19H,1,4,10H2,2H3. The monoisotopic (exact) mass is 267 g/mol. The fourth-order valence-corrected chi connectivity index (χ4v) is 2.18. The van der Waals surface area contributed by atoms with Gasteiger partial charge in [0.1, 0.15) is 5.75 Å². The number of anilines is 1. The van der Waals surface area contributed by atoms with Gasteiger partial charge in [-0.15, -0.1) is 6.58 Å². The van der Waals surface area contributed by atoms with Gasteiger partial charge >= 0.3 is 0 Å². The van der Waals surface area contributed by atoms with Crippen LogP contribution < -0.4 is 10.1 Å². The van der Waals surface area contributed by atoms with Crippen molar-refractivity contribution in [2.75, 3.05) is 12.4 Å². The van der Waals surface area contributed by atoms with Crippen LogP contribution in [0.4, 0.5) is 5.69 Å². The van der Waals surface area contributed by atoms with Crippen molar-refractivity contribution in [3.63, 3.8) is 0 Å². The number of methoxy groups -OCH3 is 1. The van der Waals surface area contributed by atoms with Gasteiger partial charge in [-0.3, -0.25) is 0 Å². The van der Waals surface area contributed by atoms with E-state index < -0.39 is 0 Å². The fourth-order valence-electron chi connectivity index (χ4n) is 2.18. The predicted octanol–water partition coefficient (Wildman–Crippen LogP) is 4.81. The molecule has 2 aromatic rings. The molecule has 0 spiro atoms. The lowest BCUT2D eigenvalue weighted by Crippen LogP contribution is -2.10. The van der Waals surface area contributed by atoms with Gasteiger partial charge in [0.2, 0.25) is 0 Å². The van der Waals surface area contributed by atoms with E-state index in [2.05, 4.69) is 36.2 Å². The molecule has 1 unspecified atom stereocenters. The van der Waals surface area contributed by atoms with Gasteiger partial charge in [-0.05, 0) is 42.7 Å². The summed E-state index contributed by atoms with van der Waals surface area (Å²) in [4.78, 5) is 0.